The van der Waals surface area contributed by atoms with E-state index >= 15 is 0 Å². The summed E-state index contributed by atoms with van der Waals surface area (Å²) in [4.78, 5) is 16.3. The monoisotopic (exact) mass is 445 g/mol. The summed E-state index contributed by atoms with van der Waals surface area (Å²) >= 11 is 2.40. The number of hydrogen-bond donors (Lipinski definition) is 1. The number of piperazine rings is 1. The van der Waals surface area contributed by atoms with Crippen molar-refractivity contribution in [2.24, 2.45) is 5.73 Å². The second-order valence-electron chi connectivity index (χ2n) is 7.28. The topological polar surface area (TPSA) is 58.8 Å². The number of nitrogens with zero attached hydrogens (tertiary/aromatic N) is 2. The molecule has 1 fully saturated rings. The third-order valence-electron chi connectivity index (χ3n) is 4.33. The van der Waals surface area contributed by atoms with E-state index in [0.29, 0.717) is 19.6 Å². The van der Waals surface area contributed by atoms with E-state index in [1.165, 1.54) is 25.9 Å². The zero-order chi connectivity index (χ0) is 18.1. The number of halogens is 1. The average Bonchev–Trinajstić information content (AvgIpc) is 2.52. The molecule has 2 rings (SSSR count). The van der Waals surface area contributed by atoms with Gasteiger partial charge in [-0.1, -0.05) is 0 Å². The van der Waals surface area contributed by atoms with Crippen LogP contribution in [-0.2, 0) is 11.3 Å². The molecule has 134 valence electrons. The molecule has 0 radical (unpaired) electrons. The van der Waals surface area contributed by atoms with Crippen molar-refractivity contribution in [2.75, 3.05) is 31.1 Å². The van der Waals surface area contributed by atoms with E-state index in [4.69, 9.17) is 10.5 Å². The number of benzene rings is 1. The summed E-state index contributed by atoms with van der Waals surface area (Å²) in [5.41, 5.74) is 10.4. The fourth-order valence-electron chi connectivity index (χ4n) is 2.91. The SMILES string of the molecule is Cc1c(CN)cc(N2CCN(C(=O)OC(C)(C)C)CC2)c(C)c1I. The summed E-state index contributed by atoms with van der Waals surface area (Å²) in [5.74, 6) is 0. The number of nitrogens with two attached hydrogens (primary N) is 1. The Bertz CT molecular complexity index is 618. The predicted octanol–water partition coefficient (Wildman–Crippen LogP) is 3.42. The molecule has 0 aromatic heterocycles. The molecular weight excluding hydrogens is 417 g/mol. The molecule has 5 nitrogen and oxygen atoms in total. The van der Waals surface area contributed by atoms with E-state index in [2.05, 4.69) is 47.4 Å². The molecule has 0 saturated carbocycles. The second-order valence-corrected chi connectivity index (χ2v) is 8.36. The minimum absolute atomic E-state index is 0.222. The van der Waals surface area contributed by atoms with Gasteiger partial charge in [-0.15, -0.1) is 0 Å². The normalized spacial score (nSPS) is 15.6. The van der Waals surface area contributed by atoms with Gasteiger partial charge in [-0.3, -0.25) is 0 Å². The Morgan fingerprint density at radius 1 is 1.21 bits per heavy atom. The van der Waals surface area contributed by atoms with Crippen molar-refractivity contribution in [1.82, 2.24) is 4.90 Å². The van der Waals surface area contributed by atoms with E-state index in [9.17, 15) is 4.79 Å². The first-order valence-corrected chi connectivity index (χ1v) is 9.43. The van der Waals surface area contributed by atoms with Gasteiger partial charge in [0.2, 0.25) is 0 Å². The number of anilines is 1. The Morgan fingerprint density at radius 2 is 1.79 bits per heavy atom. The fraction of sp³-hybridized carbons (Fsp3) is 0.611. The lowest BCUT2D eigenvalue weighted by molar-refractivity contribution is 0.0240. The highest BCUT2D eigenvalue weighted by atomic mass is 127. The molecule has 0 unspecified atom stereocenters. The predicted molar refractivity (Wildman–Crippen MR) is 107 cm³/mol. The third kappa shape index (κ3) is 4.33. The van der Waals surface area contributed by atoms with Gasteiger partial charge in [0.25, 0.3) is 0 Å². The summed E-state index contributed by atoms with van der Waals surface area (Å²) in [7, 11) is 0. The van der Waals surface area contributed by atoms with Gasteiger partial charge in [0.1, 0.15) is 5.60 Å². The van der Waals surface area contributed by atoms with Gasteiger partial charge in [0.05, 0.1) is 0 Å². The molecule has 2 N–H and O–H groups in total. The van der Waals surface area contributed by atoms with Crippen LogP contribution in [0.1, 0.15) is 37.5 Å². The van der Waals surface area contributed by atoms with Gasteiger partial charge in [-0.2, -0.15) is 0 Å². The van der Waals surface area contributed by atoms with Gasteiger partial charge in [0, 0.05) is 42.0 Å². The van der Waals surface area contributed by atoms with Crippen LogP contribution in [-0.4, -0.2) is 42.8 Å². The molecule has 1 saturated heterocycles. The van der Waals surface area contributed by atoms with Gasteiger partial charge in [0.15, 0.2) is 0 Å². The number of carbonyl (C=O) groups excluding carboxylic acids is 1. The summed E-state index contributed by atoms with van der Waals surface area (Å²) < 4.78 is 6.74. The first-order chi connectivity index (χ1) is 11.1. The van der Waals surface area contributed by atoms with Gasteiger partial charge >= 0.3 is 6.09 Å². The molecule has 0 atom stereocenters. The lowest BCUT2D eigenvalue weighted by atomic mass is 10.0. The number of ether oxygens (including phenoxy) is 1. The smallest absolute Gasteiger partial charge is 0.410 e. The Morgan fingerprint density at radius 3 is 2.29 bits per heavy atom. The standard InChI is InChI=1S/C18H28IN3O2/c1-12-14(11-20)10-15(13(2)16(12)19)21-6-8-22(9-7-21)17(23)24-18(3,4)5/h10H,6-9,11,20H2,1-5H3. The van der Waals surface area contributed by atoms with Gasteiger partial charge < -0.3 is 20.3 Å². The van der Waals surface area contributed by atoms with Crippen LogP contribution in [0.25, 0.3) is 0 Å². The Labute approximate surface area is 158 Å². The van der Waals surface area contributed by atoms with E-state index < -0.39 is 5.60 Å². The van der Waals surface area contributed by atoms with Crippen molar-refractivity contribution in [1.29, 1.82) is 0 Å². The summed E-state index contributed by atoms with van der Waals surface area (Å²) in [6.07, 6.45) is -0.222. The van der Waals surface area contributed by atoms with Crippen LogP contribution in [0.15, 0.2) is 6.07 Å². The first-order valence-electron chi connectivity index (χ1n) is 8.35. The molecule has 1 aromatic carbocycles. The van der Waals surface area contributed by atoms with E-state index in [1.54, 1.807) is 4.90 Å². The molecule has 0 spiro atoms. The number of carbonyl (C=O) groups is 1. The maximum absolute atomic E-state index is 12.2. The Balaban J connectivity index is 2.10. The highest BCUT2D eigenvalue weighted by Crippen LogP contribution is 2.30. The van der Waals surface area contributed by atoms with Crippen molar-refractivity contribution in [3.63, 3.8) is 0 Å². The van der Waals surface area contributed by atoms with Crippen LogP contribution in [0, 0.1) is 17.4 Å². The molecule has 1 aliphatic heterocycles. The van der Waals surface area contributed by atoms with Crippen molar-refractivity contribution >= 4 is 34.4 Å². The summed E-state index contributed by atoms with van der Waals surface area (Å²) in [6.45, 7) is 13.5. The molecule has 1 heterocycles. The summed E-state index contributed by atoms with van der Waals surface area (Å²) in [6, 6.07) is 2.20. The van der Waals surface area contributed by atoms with Crippen molar-refractivity contribution in [3.05, 3.63) is 26.3 Å². The Kier molecular flexibility index (Phi) is 6.01. The molecule has 1 amide bonds. The van der Waals surface area contributed by atoms with Gasteiger partial charge in [-0.25, -0.2) is 4.79 Å². The molecule has 1 aromatic rings. The first kappa shape index (κ1) is 19.3. The van der Waals surface area contributed by atoms with Crippen LogP contribution >= 0.6 is 22.6 Å². The zero-order valence-electron chi connectivity index (χ0n) is 15.3. The lowest BCUT2D eigenvalue weighted by Crippen LogP contribution is -2.50. The van der Waals surface area contributed by atoms with Crippen molar-refractivity contribution < 1.29 is 9.53 Å². The van der Waals surface area contributed by atoms with Crippen LogP contribution < -0.4 is 10.6 Å². The molecule has 0 aliphatic carbocycles. The number of rotatable bonds is 2. The quantitative estimate of drug-likeness (QED) is 0.709. The van der Waals surface area contributed by atoms with Crippen LogP contribution in [0.2, 0.25) is 0 Å². The average molecular weight is 445 g/mol. The number of hydrogen-bond acceptors (Lipinski definition) is 4. The summed E-state index contributed by atoms with van der Waals surface area (Å²) in [5, 5.41) is 0. The maximum atomic E-state index is 12.2. The highest BCUT2D eigenvalue weighted by molar-refractivity contribution is 14.1. The van der Waals surface area contributed by atoms with Crippen molar-refractivity contribution in [3.8, 4) is 0 Å². The second kappa shape index (κ2) is 7.47. The molecule has 6 heteroatoms. The maximum Gasteiger partial charge on any atom is 0.410 e. The third-order valence-corrected chi connectivity index (χ3v) is 5.95. The fourth-order valence-corrected chi connectivity index (χ4v) is 3.54. The largest absolute Gasteiger partial charge is 0.444 e. The Hall–Kier alpha value is -1.02. The molecule has 24 heavy (non-hydrogen) atoms. The molecule has 1 aliphatic rings. The van der Waals surface area contributed by atoms with Crippen molar-refractivity contribution in [2.45, 2.75) is 46.8 Å². The van der Waals surface area contributed by atoms with Crippen LogP contribution in [0.5, 0.6) is 0 Å². The minimum atomic E-state index is -0.450. The zero-order valence-corrected chi connectivity index (χ0v) is 17.4. The lowest BCUT2D eigenvalue weighted by Gasteiger charge is -2.37. The highest BCUT2D eigenvalue weighted by Gasteiger charge is 2.27. The van der Waals surface area contributed by atoms with Crippen LogP contribution in [0.4, 0.5) is 10.5 Å². The molecule has 0 bridgehead atoms. The van der Waals surface area contributed by atoms with E-state index in [0.717, 1.165) is 13.1 Å². The van der Waals surface area contributed by atoms with E-state index in [-0.39, 0.29) is 6.09 Å². The van der Waals surface area contributed by atoms with Crippen LogP contribution in [0.3, 0.4) is 0 Å². The minimum Gasteiger partial charge on any atom is -0.444 e. The van der Waals surface area contributed by atoms with E-state index in [1.807, 2.05) is 20.8 Å². The van der Waals surface area contributed by atoms with Gasteiger partial charge in [-0.05, 0) is 80.0 Å². The number of amides is 1. The molecular formula is C18H28IN3O2.